The monoisotopic (exact) mass is 289 g/mol. The van der Waals surface area contributed by atoms with Gasteiger partial charge in [-0.05, 0) is 58.0 Å². The van der Waals surface area contributed by atoms with Crippen LogP contribution < -0.4 is 5.73 Å². The smallest absolute Gasteiger partial charge is 0.0468 e. The molecule has 118 valence electrons. The molecular weight excluding hydrogens is 258 g/mol. The number of likely N-dealkylation sites (N-methyl/N-ethyl adjacent to an activating group) is 2. The van der Waals surface area contributed by atoms with E-state index in [2.05, 4.69) is 62.1 Å². The van der Waals surface area contributed by atoms with Crippen LogP contribution in [-0.4, -0.2) is 49.6 Å². The molecule has 3 nitrogen and oxygen atoms in total. The second kappa shape index (κ2) is 6.91. The molecule has 1 aliphatic carbocycles. The Morgan fingerprint density at radius 1 is 1.14 bits per heavy atom. The molecule has 0 radical (unpaired) electrons. The lowest BCUT2D eigenvalue weighted by Crippen LogP contribution is -2.57. The van der Waals surface area contributed by atoms with Crippen molar-refractivity contribution in [1.29, 1.82) is 0 Å². The Hall–Kier alpha value is -0.900. The van der Waals surface area contributed by atoms with Crippen LogP contribution >= 0.6 is 0 Å². The summed E-state index contributed by atoms with van der Waals surface area (Å²) in [4.78, 5) is 4.85. The van der Waals surface area contributed by atoms with Crippen molar-refractivity contribution in [2.45, 2.75) is 44.2 Å². The summed E-state index contributed by atoms with van der Waals surface area (Å²) in [6.45, 7) is 3.96. The second-order valence-corrected chi connectivity index (χ2v) is 6.73. The van der Waals surface area contributed by atoms with Gasteiger partial charge in [-0.3, -0.25) is 4.90 Å². The quantitative estimate of drug-likeness (QED) is 0.837. The number of hydrogen-bond acceptors (Lipinski definition) is 3. The molecule has 0 spiro atoms. The lowest BCUT2D eigenvalue weighted by Gasteiger charge is -2.50. The molecular formula is C18H31N3. The van der Waals surface area contributed by atoms with Gasteiger partial charge in [-0.15, -0.1) is 0 Å². The highest BCUT2D eigenvalue weighted by Crippen LogP contribution is 2.38. The van der Waals surface area contributed by atoms with Crippen LogP contribution in [0.15, 0.2) is 24.3 Å². The van der Waals surface area contributed by atoms with Gasteiger partial charge in [0.05, 0.1) is 0 Å². The van der Waals surface area contributed by atoms with Gasteiger partial charge in [-0.2, -0.15) is 0 Å². The van der Waals surface area contributed by atoms with E-state index >= 15 is 0 Å². The number of benzene rings is 1. The van der Waals surface area contributed by atoms with Gasteiger partial charge >= 0.3 is 0 Å². The minimum absolute atomic E-state index is 0.313. The molecule has 1 aliphatic rings. The molecule has 1 fully saturated rings. The van der Waals surface area contributed by atoms with Crippen molar-refractivity contribution in [3.8, 4) is 0 Å². The number of rotatable bonds is 7. The topological polar surface area (TPSA) is 32.5 Å². The van der Waals surface area contributed by atoms with Gasteiger partial charge in [0, 0.05) is 24.7 Å². The third kappa shape index (κ3) is 3.47. The van der Waals surface area contributed by atoms with Crippen LogP contribution in [0.4, 0.5) is 0 Å². The van der Waals surface area contributed by atoms with Gasteiger partial charge in [-0.25, -0.2) is 0 Å². The van der Waals surface area contributed by atoms with Crippen molar-refractivity contribution in [2.24, 2.45) is 5.73 Å². The summed E-state index contributed by atoms with van der Waals surface area (Å²) in [5.74, 6) is 0. The SMILES string of the molecule is CCc1ccc(C(CN)N(C)CC2(N(C)C)CCC2)cc1. The first-order chi connectivity index (χ1) is 10.0. The molecule has 21 heavy (non-hydrogen) atoms. The molecule has 0 amide bonds. The molecule has 1 unspecified atom stereocenters. The first-order valence-corrected chi connectivity index (χ1v) is 8.19. The Kier molecular flexibility index (Phi) is 5.42. The molecule has 0 aromatic heterocycles. The Morgan fingerprint density at radius 3 is 2.14 bits per heavy atom. The maximum atomic E-state index is 6.08. The van der Waals surface area contributed by atoms with Crippen molar-refractivity contribution in [2.75, 3.05) is 34.2 Å². The molecule has 1 saturated carbocycles. The molecule has 1 aromatic rings. The van der Waals surface area contributed by atoms with Gasteiger partial charge in [0.15, 0.2) is 0 Å². The van der Waals surface area contributed by atoms with Gasteiger partial charge in [-0.1, -0.05) is 31.2 Å². The molecule has 3 heteroatoms. The molecule has 2 rings (SSSR count). The minimum atomic E-state index is 0.313. The lowest BCUT2D eigenvalue weighted by atomic mass is 9.75. The van der Waals surface area contributed by atoms with Crippen LogP contribution in [0.5, 0.6) is 0 Å². The fourth-order valence-corrected chi connectivity index (χ4v) is 3.45. The van der Waals surface area contributed by atoms with E-state index in [4.69, 9.17) is 5.73 Å². The van der Waals surface area contributed by atoms with Crippen LogP contribution in [0.25, 0.3) is 0 Å². The lowest BCUT2D eigenvalue weighted by molar-refractivity contribution is 0.0168. The Balaban J connectivity index is 2.08. The van der Waals surface area contributed by atoms with Crippen LogP contribution in [0, 0.1) is 0 Å². The van der Waals surface area contributed by atoms with E-state index in [1.54, 1.807) is 0 Å². The Bertz CT molecular complexity index is 434. The first kappa shape index (κ1) is 16.5. The molecule has 2 N–H and O–H groups in total. The van der Waals surface area contributed by atoms with Crippen molar-refractivity contribution in [1.82, 2.24) is 9.80 Å². The van der Waals surface area contributed by atoms with Crippen molar-refractivity contribution in [3.05, 3.63) is 35.4 Å². The van der Waals surface area contributed by atoms with Crippen LogP contribution in [0.2, 0.25) is 0 Å². The average molecular weight is 289 g/mol. The van der Waals surface area contributed by atoms with Gasteiger partial charge in [0.1, 0.15) is 0 Å². The molecule has 0 saturated heterocycles. The highest BCUT2D eigenvalue weighted by Gasteiger charge is 2.40. The maximum absolute atomic E-state index is 6.08. The predicted octanol–water partition coefficient (Wildman–Crippen LogP) is 2.66. The molecule has 1 atom stereocenters. The highest BCUT2D eigenvalue weighted by molar-refractivity contribution is 5.25. The van der Waals surface area contributed by atoms with Crippen molar-refractivity contribution in [3.63, 3.8) is 0 Å². The van der Waals surface area contributed by atoms with E-state index < -0.39 is 0 Å². The van der Waals surface area contributed by atoms with Gasteiger partial charge in [0.2, 0.25) is 0 Å². The van der Waals surface area contributed by atoms with E-state index in [1.165, 1.54) is 30.4 Å². The van der Waals surface area contributed by atoms with E-state index in [-0.39, 0.29) is 0 Å². The van der Waals surface area contributed by atoms with Crippen molar-refractivity contribution < 1.29 is 0 Å². The number of aryl methyl sites for hydroxylation is 1. The van der Waals surface area contributed by atoms with Crippen LogP contribution in [0.3, 0.4) is 0 Å². The average Bonchev–Trinajstić information content (AvgIpc) is 2.44. The predicted molar refractivity (Wildman–Crippen MR) is 90.5 cm³/mol. The van der Waals surface area contributed by atoms with E-state index in [0.717, 1.165) is 13.0 Å². The molecule has 0 bridgehead atoms. The Morgan fingerprint density at radius 2 is 1.76 bits per heavy atom. The zero-order valence-electron chi connectivity index (χ0n) is 14.1. The van der Waals surface area contributed by atoms with E-state index in [0.29, 0.717) is 18.1 Å². The largest absolute Gasteiger partial charge is 0.329 e. The second-order valence-electron chi connectivity index (χ2n) is 6.73. The summed E-state index contributed by atoms with van der Waals surface area (Å²) in [5.41, 5.74) is 9.16. The van der Waals surface area contributed by atoms with Crippen LogP contribution in [-0.2, 0) is 6.42 Å². The molecule has 0 aliphatic heterocycles. The number of hydrogen-bond donors (Lipinski definition) is 1. The third-order valence-electron chi connectivity index (χ3n) is 5.30. The zero-order valence-corrected chi connectivity index (χ0v) is 14.1. The summed E-state index contributed by atoms with van der Waals surface area (Å²) < 4.78 is 0. The normalized spacial score (nSPS) is 18.8. The fourth-order valence-electron chi connectivity index (χ4n) is 3.45. The van der Waals surface area contributed by atoms with Crippen LogP contribution in [0.1, 0.15) is 43.4 Å². The summed E-state index contributed by atoms with van der Waals surface area (Å²) in [6.07, 6.45) is 5.05. The molecule has 0 heterocycles. The summed E-state index contributed by atoms with van der Waals surface area (Å²) in [7, 11) is 6.63. The van der Waals surface area contributed by atoms with E-state index in [9.17, 15) is 0 Å². The number of nitrogens with two attached hydrogens (primary N) is 1. The summed E-state index contributed by atoms with van der Waals surface area (Å²) in [5, 5.41) is 0. The highest BCUT2D eigenvalue weighted by atomic mass is 15.2. The fraction of sp³-hybridized carbons (Fsp3) is 0.667. The Labute approximate surface area is 130 Å². The minimum Gasteiger partial charge on any atom is -0.329 e. The van der Waals surface area contributed by atoms with E-state index in [1.807, 2.05) is 0 Å². The van der Waals surface area contributed by atoms with Gasteiger partial charge < -0.3 is 10.6 Å². The summed E-state index contributed by atoms with van der Waals surface area (Å²) >= 11 is 0. The standard InChI is InChI=1S/C18H31N3/c1-5-15-7-9-16(10-8-15)17(13-19)21(4)14-18(20(2)3)11-6-12-18/h7-10,17H,5-6,11-14,19H2,1-4H3. The maximum Gasteiger partial charge on any atom is 0.0468 e. The van der Waals surface area contributed by atoms with Gasteiger partial charge in [0.25, 0.3) is 0 Å². The first-order valence-electron chi connectivity index (χ1n) is 8.19. The number of nitrogens with zero attached hydrogens (tertiary/aromatic N) is 2. The molecule has 1 aromatic carbocycles. The third-order valence-corrected chi connectivity index (χ3v) is 5.30. The summed E-state index contributed by atoms with van der Waals surface area (Å²) in [6, 6.07) is 9.27. The zero-order chi connectivity index (χ0) is 15.5. The van der Waals surface area contributed by atoms with Crippen molar-refractivity contribution >= 4 is 0 Å².